The Bertz CT molecular complexity index is 64.1. The third kappa shape index (κ3) is 3.04. The van der Waals surface area contributed by atoms with Crippen LogP contribution in [0.15, 0.2) is 0 Å². The summed E-state index contributed by atoms with van der Waals surface area (Å²) in [4.78, 5) is 0. The highest BCUT2D eigenvalue weighted by molar-refractivity contribution is 5.85. The maximum absolute atomic E-state index is 8.65. The van der Waals surface area contributed by atoms with Crippen molar-refractivity contribution in [1.29, 1.82) is 0 Å². The van der Waals surface area contributed by atoms with E-state index < -0.39 is 0 Å². The summed E-state index contributed by atoms with van der Waals surface area (Å²) in [5.41, 5.74) is 0. The minimum absolute atomic E-state index is 0. The number of rotatable bonds is 1. The number of aliphatic hydroxyl groups excluding tert-OH is 1. The second kappa shape index (κ2) is 5.03. The predicted molar refractivity (Wildman–Crippen MR) is 39.9 cm³/mol. The van der Waals surface area contributed by atoms with Crippen LogP contribution in [0.25, 0.3) is 0 Å². The lowest BCUT2D eigenvalue weighted by Crippen LogP contribution is -2.31. The first-order valence-corrected chi connectivity index (χ1v) is 3.25. The minimum Gasteiger partial charge on any atom is -0.396 e. The molecule has 0 aromatic rings. The van der Waals surface area contributed by atoms with Crippen LogP contribution in [0.4, 0.5) is 0 Å². The van der Waals surface area contributed by atoms with Crippen molar-refractivity contribution in [3.8, 4) is 0 Å². The summed E-state index contributed by atoms with van der Waals surface area (Å²) < 4.78 is 0. The van der Waals surface area contributed by atoms with E-state index >= 15 is 0 Å². The van der Waals surface area contributed by atoms with Gasteiger partial charge in [0, 0.05) is 13.2 Å². The molecule has 2 N–H and O–H groups in total. The fourth-order valence-electron chi connectivity index (χ4n) is 1.08. The van der Waals surface area contributed by atoms with Crippen LogP contribution >= 0.6 is 12.4 Å². The van der Waals surface area contributed by atoms with Crippen molar-refractivity contribution in [2.45, 2.75) is 12.8 Å². The summed E-state index contributed by atoms with van der Waals surface area (Å²) in [5.74, 6) is 0.531. The Hall–Kier alpha value is 0.210. The number of aliphatic hydroxyl groups is 1. The molecule has 0 aliphatic carbocycles. The lowest BCUT2D eigenvalue weighted by molar-refractivity contribution is 0.199. The van der Waals surface area contributed by atoms with Crippen molar-refractivity contribution in [1.82, 2.24) is 5.32 Å². The number of nitrogens with one attached hydrogen (secondary N) is 1. The van der Waals surface area contributed by atoms with E-state index in [4.69, 9.17) is 5.11 Å². The summed E-state index contributed by atoms with van der Waals surface area (Å²) in [6.45, 7) is 2.50. The van der Waals surface area contributed by atoms with Crippen molar-refractivity contribution in [2.24, 2.45) is 5.92 Å². The highest BCUT2D eigenvalue weighted by atomic mass is 35.5. The zero-order valence-corrected chi connectivity index (χ0v) is 6.28. The van der Waals surface area contributed by atoms with Crippen LogP contribution in [0.5, 0.6) is 0 Å². The minimum atomic E-state index is 0. The van der Waals surface area contributed by atoms with E-state index in [0.717, 1.165) is 13.1 Å². The maximum Gasteiger partial charge on any atom is 0.0471 e. The molecule has 0 spiro atoms. The zero-order valence-electron chi connectivity index (χ0n) is 5.47. The Kier molecular flexibility index (Phi) is 5.15. The Balaban J connectivity index is 0.000000640. The largest absolute Gasteiger partial charge is 0.396 e. The van der Waals surface area contributed by atoms with E-state index in [1.165, 1.54) is 12.8 Å². The monoisotopic (exact) mass is 151 g/mol. The quantitative estimate of drug-likeness (QED) is 0.569. The van der Waals surface area contributed by atoms with Gasteiger partial charge in [0.2, 0.25) is 0 Å². The van der Waals surface area contributed by atoms with E-state index in [1.54, 1.807) is 0 Å². The predicted octanol–water partition coefficient (Wildman–Crippen LogP) is 0.400. The Morgan fingerprint density at radius 2 is 2.33 bits per heavy atom. The molecule has 1 aliphatic heterocycles. The number of halogens is 1. The maximum atomic E-state index is 8.65. The van der Waals surface area contributed by atoms with Crippen LogP contribution in [0, 0.1) is 5.92 Å². The molecule has 1 atom stereocenters. The molecule has 2 nitrogen and oxygen atoms in total. The zero-order chi connectivity index (χ0) is 5.82. The number of piperidine rings is 1. The molecule has 1 rings (SSSR count). The topological polar surface area (TPSA) is 32.3 Å². The van der Waals surface area contributed by atoms with Gasteiger partial charge in [0.1, 0.15) is 0 Å². The van der Waals surface area contributed by atoms with Gasteiger partial charge in [-0.3, -0.25) is 0 Å². The summed E-state index contributed by atoms with van der Waals surface area (Å²) in [7, 11) is 0. The third-order valence-electron chi connectivity index (χ3n) is 1.66. The molecule has 1 saturated heterocycles. The Labute approximate surface area is 62.1 Å². The molecule has 0 aromatic heterocycles. The van der Waals surface area contributed by atoms with Gasteiger partial charge in [0.15, 0.2) is 0 Å². The van der Waals surface area contributed by atoms with E-state index in [-0.39, 0.29) is 12.4 Å². The van der Waals surface area contributed by atoms with E-state index in [1.807, 2.05) is 0 Å². The number of hydrogen-bond donors (Lipinski definition) is 2. The van der Waals surface area contributed by atoms with E-state index in [2.05, 4.69) is 5.32 Å². The molecular formula is C6H14ClNO. The van der Waals surface area contributed by atoms with Gasteiger partial charge in [0.25, 0.3) is 0 Å². The fourth-order valence-corrected chi connectivity index (χ4v) is 1.08. The van der Waals surface area contributed by atoms with E-state index in [9.17, 15) is 0 Å². The van der Waals surface area contributed by atoms with Gasteiger partial charge in [0.05, 0.1) is 0 Å². The first-order chi connectivity index (χ1) is 3.93. The van der Waals surface area contributed by atoms with Gasteiger partial charge in [-0.2, -0.15) is 0 Å². The molecule has 0 radical (unpaired) electrons. The Morgan fingerprint density at radius 1 is 1.56 bits per heavy atom. The summed E-state index contributed by atoms with van der Waals surface area (Å²) >= 11 is 0. The molecule has 56 valence electrons. The standard InChI is InChI=1S/C6H13NO.ClH/c8-5-6-2-1-3-7-4-6;/h6-8H,1-5H2;1H. The van der Waals surface area contributed by atoms with Crippen LogP contribution in [0.2, 0.25) is 0 Å². The summed E-state index contributed by atoms with van der Waals surface area (Å²) in [6, 6.07) is 0. The highest BCUT2D eigenvalue weighted by Crippen LogP contribution is 2.07. The van der Waals surface area contributed by atoms with Crippen LogP contribution in [-0.2, 0) is 0 Å². The SMILES string of the molecule is Cl.OCC1CCCNC1. The highest BCUT2D eigenvalue weighted by Gasteiger charge is 2.09. The summed E-state index contributed by atoms with van der Waals surface area (Å²) in [6.07, 6.45) is 2.43. The average Bonchev–Trinajstić information content (AvgIpc) is 1.90. The lowest BCUT2D eigenvalue weighted by Gasteiger charge is -2.19. The van der Waals surface area contributed by atoms with Crippen LogP contribution < -0.4 is 5.32 Å². The molecule has 1 fully saturated rings. The molecule has 0 saturated carbocycles. The van der Waals surface area contributed by atoms with Gasteiger partial charge in [-0.15, -0.1) is 12.4 Å². The summed E-state index contributed by atoms with van der Waals surface area (Å²) in [5, 5.41) is 11.9. The molecule has 3 heteroatoms. The molecular weight excluding hydrogens is 138 g/mol. The molecule has 0 aromatic carbocycles. The second-order valence-electron chi connectivity index (χ2n) is 2.39. The van der Waals surface area contributed by atoms with Gasteiger partial charge < -0.3 is 10.4 Å². The van der Waals surface area contributed by atoms with Crippen molar-refractivity contribution < 1.29 is 5.11 Å². The van der Waals surface area contributed by atoms with Crippen LogP contribution in [0.3, 0.4) is 0 Å². The molecule has 1 unspecified atom stereocenters. The van der Waals surface area contributed by atoms with Gasteiger partial charge >= 0.3 is 0 Å². The third-order valence-corrected chi connectivity index (χ3v) is 1.66. The molecule has 0 amide bonds. The smallest absolute Gasteiger partial charge is 0.0471 e. The lowest BCUT2D eigenvalue weighted by atomic mass is 10.0. The van der Waals surface area contributed by atoms with Crippen LogP contribution in [0.1, 0.15) is 12.8 Å². The average molecular weight is 152 g/mol. The van der Waals surface area contributed by atoms with Gasteiger partial charge in [-0.25, -0.2) is 0 Å². The Morgan fingerprint density at radius 3 is 2.67 bits per heavy atom. The molecule has 1 aliphatic rings. The normalized spacial score (nSPS) is 27.0. The van der Waals surface area contributed by atoms with Gasteiger partial charge in [-0.1, -0.05) is 0 Å². The van der Waals surface area contributed by atoms with E-state index in [0.29, 0.717) is 12.5 Å². The van der Waals surface area contributed by atoms with Crippen molar-refractivity contribution in [3.05, 3.63) is 0 Å². The van der Waals surface area contributed by atoms with Crippen molar-refractivity contribution in [2.75, 3.05) is 19.7 Å². The second-order valence-corrected chi connectivity index (χ2v) is 2.39. The van der Waals surface area contributed by atoms with Crippen molar-refractivity contribution >= 4 is 12.4 Å². The molecule has 1 heterocycles. The number of hydrogen-bond acceptors (Lipinski definition) is 2. The van der Waals surface area contributed by atoms with Crippen molar-refractivity contribution in [3.63, 3.8) is 0 Å². The first-order valence-electron chi connectivity index (χ1n) is 3.25. The molecule has 0 bridgehead atoms. The van der Waals surface area contributed by atoms with Gasteiger partial charge in [-0.05, 0) is 25.3 Å². The molecule has 9 heavy (non-hydrogen) atoms. The first kappa shape index (κ1) is 9.21. The van der Waals surface area contributed by atoms with Crippen LogP contribution in [-0.4, -0.2) is 24.8 Å². The fraction of sp³-hybridized carbons (Fsp3) is 1.00.